The van der Waals surface area contributed by atoms with E-state index in [-0.39, 0.29) is 11.6 Å². The van der Waals surface area contributed by atoms with Crippen LogP contribution in [-0.4, -0.2) is 38.5 Å². The van der Waals surface area contributed by atoms with Crippen molar-refractivity contribution in [2.75, 3.05) is 12.3 Å². The average molecular weight is 287 g/mol. The second kappa shape index (κ2) is 6.76. The largest absolute Gasteiger partial charge is 0.368 e. The van der Waals surface area contributed by atoms with Crippen molar-refractivity contribution < 1.29 is 4.79 Å². The number of hydrogen-bond donors (Lipinski definition) is 3. The van der Waals surface area contributed by atoms with Crippen LogP contribution in [-0.2, 0) is 11.3 Å². The number of thioether (sulfide) groups is 1. The van der Waals surface area contributed by atoms with Crippen LogP contribution >= 0.6 is 11.8 Å². The Kier molecular flexibility index (Phi) is 5.61. The van der Waals surface area contributed by atoms with Crippen molar-refractivity contribution in [1.29, 1.82) is 0 Å². The zero-order chi connectivity index (χ0) is 14.5. The Morgan fingerprint density at radius 3 is 2.79 bits per heavy atom. The van der Waals surface area contributed by atoms with Crippen LogP contribution in [0.4, 0.5) is 0 Å². The maximum absolute atomic E-state index is 11.5. The number of aromatic amines is 1. The van der Waals surface area contributed by atoms with Gasteiger partial charge < -0.3 is 11.1 Å². The molecule has 0 saturated heterocycles. The molecule has 0 aliphatic rings. The van der Waals surface area contributed by atoms with Crippen molar-refractivity contribution >= 4 is 17.7 Å². The fraction of sp³-hybridized carbons (Fsp3) is 0.727. The Hall–Kier alpha value is -1.28. The third-order valence-corrected chi connectivity index (χ3v) is 3.96. The van der Waals surface area contributed by atoms with Crippen LogP contribution in [0.5, 0.6) is 0 Å². The summed E-state index contributed by atoms with van der Waals surface area (Å²) >= 11 is 1.44. The molecule has 1 amide bonds. The number of hydrogen-bond acceptors (Lipinski definition) is 5. The molecule has 1 aromatic heterocycles. The first kappa shape index (κ1) is 15.8. The van der Waals surface area contributed by atoms with E-state index < -0.39 is 5.54 Å². The quantitative estimate of drug-likeness (QED) is 0.580. The van der Waals surface area contributed by atoms with E-state index in [4.69, 9.17) is 5.73 Å². The maximum Gasteiger partial charge on any atom is 0.343 e. The molecule has 0 fully saturated rings. The number of H-pyrrole nitrogens is 1. The Morgan fingerprint density at radius 2 is 2.26 bits per heavy atom. The van der Waals surface area contributed by atoms with Gasteiger partial charge in [0.25, 0.3) is 0 Å². The van der Waals surface area contributed by atoms with Gasteiger partial charge >= 0.3 is 5.69 Å². The van der Waals surface area contributed by atoms with Gasteiger partial charge in [0, 0.05) is 12.3 Å². The van der Waals surface area contributed by atoms with Crippen LogP contribution in [0.2, 0.25) is 0 Å². The van der Waals surface area contributed by atoms with Gasteiger partial charge in [0.05, 0.1) is 5.54 Å². The molecular formula is C11H21N5O2S. The molecule has 0 aliphatic heterocycles. The average Bonchev–Trinajstić information content (AvgIpc) is 2.70. The molecular weight excluding hydrogens is 266 g/mol. The second-order valence-electron chi connectivity index (χ2n) is 4.38. The lowest BCUT2D eigenvalue weighted by Gasteiger charge is -2.26. The lowest BCUT2D eigenvalue weighted by Crippen LogP contribution is -2.53. The van der Waals surface area contributed by atoms with Gasteiger partial charge in [-0.2, -0.15) is 0 Å². The third kappa shape index (κ3) is 3.84. The summed E-state index contributed by atoms with van der Waals surface area (Å²) < 4.78 is 1.56. The number of likely N-dealkylation sites (N-methyl/N-ethyl adjacent to an activating group) is 1. The summed E-state index contributed by atoms with van der Waals surface area (Å²) in [5.41, 5.74) is 4.47. The molecule has 1 unspecified atom stereocenters. The first-order valence-electron chi connectivity index (χ1n) is 6.27. The number of rotatable bonds is 8. The summed E-state index contributed by atoms with van der Waals surface area (Å²) in [7, 11) is 0. The normalized spacial score (nSPS) is 14.3. The number of nitrogens with two attached hydrogens (primary N) is 1. The van der Waals surface area contributed by atoms with Gasteiger partial charge in [-0.3, -0.25) is 9.36 Å². The molecule has 108 valence electrons. The highest BCUT2D eigenvalue weighted by Gasteiger charge is 2.29. The van der Waals surface area contributed by atoms with Crippen LogP contribution in [0.25, 0.3) is 0 Å². The lowest BCUT2D eigenvalue weighted by molar-refractivity contribution is -0.123. The summed E-state index contributed by atoms with van der Waals surface area (Å²) in [6.07, 6.45) is 0.575. The number of nitrogens with zero attached hydrogens (tertiary/aromatic N) is 2. The minimum absolute atomic E-state index is 0.214. The monoisotopic (exact) mass is 287 g/mol. The van der Waals surface area contributed by atoms with E-state index in [0.29, 0.717) is 30.4 Å². The fourth-order valence-corrected chi connectivity index (χ4v) is 2.90. The van der Waals surface area contributed by atoms with Crippen molar-refractivity contribution in [3.05, 3.63) is 10.5 Å². The van der Waals surface area contributed by atoms with Crippen molar-refractivity contribution in [2.24, 2.45) is 5.73 Å². The Bertz CT molecular complexity index is 484. The smallest absolute Gasteiger partial charge is 0.343 e. The fourth-order valence-electron chi connectivity index (χ4n) is 1.73. The van der Waals surface area contributed by atoms with Gasteiger partial charge in [0.2, 0.25) is 5.91 Å². The number of carbonyl (C=O) groups excluding carboxylic acids is 1. The standard InChI is InChI=1S/C11H21N5O2S/c1-4-13-11(3,8(12)17)6-7-19-10-15-14-9(18)16(10)5-2/h13H,4-7H2,1-3H3,(H2,12,17)(H,14,18). The highest BCUT2D eigenvalue weighted by molar-refractivity contribution is 7.99. The maximum atomic E-state index is 11.5. The molecule has 1 atom stereocenters. The predicted octanol–water partition coefficient (Wildman–Crippen LogP) is -0.0730. The second-order valence-corrected chi connectivity index (χ2v) is 5.44. The predicted molar refractivity (Wildman–Crippen MR) is 75.1 cm³/mol. The first-order chi connectivity index (χ1) is 8.94. The van der Waals surface area contributed by atoms with Gasteiger partial charge in [0.15, 0.2) is 5.16 Å². The van der Waals surface area contributed by atoms with E-state index in [2.05, 4.69) is 15.5 Å². The first-order valence-corrected chi connectivity index (χ1v) is 7.26. The van der Waals surface area contributed by atoms with Crippen molar-refractivity contribution in [3.8, 4) is 0 Å². The Morgan fingerprint density at radius 1 is 1.58 bits per heavy atom. The van der Waals surface area contributed by atoms with Gasteiger partial charge in [-0.15, -0.1) is 5.10 Å². The summed E-state index contributed by atoms with van der Waals surface area (Å²) in [6.45, 7) is 6.84. The van der Waals surface area contributed by atoms with Gasteiger partial charge in [-0.1, -0.05) is 18.7 Å². The molecule has 7 nitrogen and oxygen atoms in total. The van der Waals surface area contributed by atoms with Crippen LogP contribution in [0.15, 0.2) is 9.95 Å². The topological polar surface area (TPSA) is 106 Å². The lowest BCUT2D eigenvalue weighted by atomic mass is 9.98. The zero-order valence-corrected chi connectivity index (χ0v) is 12.3. The van der Waals surface area contributed by atoms with E-state index in [9.17, 15) is 9.59 Å². The molecule has 4 N–H and O–H groups in total. The van der Waals surface area contributed by atoms with E-state index in [1.165, 1.54) is 11.8 Å². The third-order valence-electron chi connectivity index (χ3n) is 2.98. The van der Waals surface area contributed by atoms with E-state index >= 15 is 0 Å². The van der Waals surface area contributed by atoms with Gasteiger partial charge in [-0.05, 0) is 26.8 Å². The molecule has 0 aromatic carbocycles. The number of nitrogens with one attached hydrogen (secondary N) is 2. The Labute approximate surface area is 116 Å². The van der Waals surface area contributed by atoms with Crippen molar-refractivity contribution in [1.82, 2.24) is 20.1 Å². The molecule has 0 bridgehead atoms. The SMILES string of the molecule is CCNC(C)(CCSc1n[nH]c(=O)n1CC)C(N)=O. The highest BCUT2D eigenvalue weighted by Crippen LogP contribution is 2.19. The summed E-state index contributed by atoms with van der Waals surface area (Å²) in [5, 5.41) is 10.1. The number of amides is 1. The van der Waals surface area contributed by atoms with E-state index in [1.54, 1.807) is 11.5 Å². The van der Waals surface area contributed by atoms with Crippen molar-refractivity contribution in [3.63, 3.8) is 0 Å². The van der Waals surface area contributed by atoms with E-state index in [0.717, 1.165) is 0 Å². The summed E-state index contributed by atoms with van der Waals surface area (Å²) in [5.74, 6) is 0.279. The number of primary amides is 1. The molecule has 1 rings (SSSR count). The molecule has 8 heteroatoms. The van der Waals surface area contributed by atoms with Gasteiger partial charge in [0.1, 0.15) is 0 Å². The minimum Gasteiger partial charge on any atom is -0.368 e. The highest BCUT2D eigenvalue weighted by atomic mass is 32.2. The molecule has 1 aromatic rings. The van der Waals surface area contributed by atoms with Gasteiger partial charge in [-0.25, -0.2) is 9.89 Å². The molecule has 0 aliphatic carbocycles. The van der Waals surface area contributed by atoms with Crippen LogP contribution in [0.3, 0.4) is 0 Å². The molecule has 0 saturated carbocycles. The molecule has 0 radical (unpaired) electrons. The Balaban J connectivity index is 2.62. The minimum atomic E-state index is -0.727. The van der Waals surface area contributed by atoms with Crippen LogP contribution in [0, 0.1) is 0 Å². The van der Waals surface area contributed by atoms with E-state index in [1.807, 2.05) is 13.8 Å². The molecule has 19 heavy (non-hydrogen) atoms. The summed E-state index contributed by atoms with van der Waals surface area (Å²) in [4.78, 5) is 22.8. The number of carbonyl (C=O) groups is 1. The van der Waals surface area contributed by atoms with Crippen molar-refractivity contribution in [2.45, 2.75) is 44.4 Å². The summed E-state index contributed by atoms with van der Waals surface area (Å²) in [6, 6.07) is 0. The van der Waals surface area contributed by atoms with Crippen LogP contribution in [0.1, 0.15) is 27.2 Å². The molecule has 0 spiro atoms. The molecule has 1 heterocycles. The number of aromatic nitrogens is 3. The zero-order valence-electron chi connectivity index (χ0n) is 11.5. The van der Waals surface area contributed by atoms with Crippen LogP contribution < -0.4 is 16.7 Å².